The summed E-state index contributed by atoms with van der Waals surface area (Å²) in [5, 5.41) is 0. The molecule has 1 aliphatic rings. The van der Waals surface area contributed by atoms with Gasteiger partial charge in [0, 0.05) is 0 Å². The van der Waals surface area contributed by atoms with Gasteiger partial charge in [-0.2, -0.15) is 0 Å². The predicted octanol–water partition coefficient (Wildman–Crippen LogP) is 1.07. The van der Waals surface area contributed by atoms with Crippen molar-refractivity contribution >= 4 is 25.1 Å². The molecule has 0 bridgehead atoms. The highest BCUT2D eigenvalue weighted by molar-refractivity contribution is 6.55. The van der Waals surface area contributed by atoms with Gasteiger partial charge in [-0.25, -0.2) is 0 Å². The number of likely N-dealkylation sites (N-methyl/N-ethyl adjacent to an activating group) is 1. The summed E-state index contributed by atoms with van der Waals surface area (Å²) in [4.78, 5) is 24.6. The molecule has 0 unspecified atom stereocenters. The first-order valence-electron chi connectivity index (χ1n) is 6.35. The summed E-state index contributed by atoms with van der Waals surface area (Å²) >= 11 is 0. The number of carbonyl (C=O) groups excluding carboxylic acids is 2. The average molecular weight is 273 g/mol. The Balaban J connectivity index is 2.06. The van der Waals surface area contributed by atoms with Crippen LogP contribution in [0.1, 0.15) is 11.1 Å². The highest BCUT2D eigenvalue weighted by atomic mass is 16.6. The van der Waals surface area contributed by atoms with E-state index in [0.717, 1.165) is 11.1 Å². The Kier molecular flexibility index (Phi) is 4.58. The minimum atomic E-state index is -0.968. The number of carbonyl (C=O) groups is 2. The summed E-state index contributed by atoms with van der Waals surface area (Å²) in [6, 6.07) is 7.82. The lowest BCUT2D eigenvalue weighted by Gasteiger charge is -2.21. The summed E-state index contributed by atoms with van der Waals surface area (Å²) < 4.78 is 10.1. The van der Waals surface area contributed by atoms with E-state index in [1.165, 1.54) is 0 Å². The number of aryl methyl sites for hydroxylation is 1. The van der Waals surface area contributed by atoms with Crippen LogP contribution in [-0.4, -0.2) is 44.1 Å². The molecule has 2 rings (SSSR count). The molecule has 0 aromatic heterocycles. The van der Waals surface area contributed by atoms with Gasteiger partial charge < -0.3 is 9.31 Å². The van der Waals surface area contributed by atoms with Crippen molar-refractivity contribution in [3.8, 4) is 0 Å². The van der Waals surface area contributed by atoms with E-state index >= 15 is 0 Å². The Morgan fingerprint density at radius 2 is 1.85 bits per heavy atom. The normalized spacial score (nSPS) is 17.6. The van der Waals surface area contributed by atoms with Crippen molar-refractivity contribution in [1.29, 1.82) is 0 Å². The number of nitrogens with zero attached hydrogens (tertiary/aromatic N) is 1. The molecule has 5 nitrogen and oxygen atoms in total. The minimum Gasteiger partial charge on any atom is -0.495 e. The van der Waals surface area contributed by atoms with Crippen LogP contribution in [-0.2, 0) is 18.9 Å². The molecule has 6 heteroatoms. The van der Waals surface area contributed by atoms with Crippen LogP contribution < -0.4 is 0 Å². The molecule has 20 heavy (non-hydrogen) atoms. The number of benzene rings is 1. The van der Waals surface area contributed by atoms with Gasteiger partial charge in [0.1, 0.15) is 0 Å². The van der Waals surface area contributed by atoms with Crippen LogP contribution in [0, 0.1) is 6.92 Å². The van der Waals surface area contributed by atoms with Crippen molar-refractivity contribution in [3.63, 3.8) is 0 Å². The summed E-state index contributed by atoms with van der Waals surface area (Å²) in [6.07, 6.45) is 1.77. The molecule has 1 fully saturated rings. The van der Waals surface area contributed by atoms with E-state index in [4.69, 9.17) is 9.31 Å². The zero-order valence-corrected chi connectivity index (χ0v) is 11.5. The third-order valence-corrected chi connectivity index (χ3v) is 2.78. The molecule has 0 atom stereocenters. The third-order valence-electron chi connectivity index (χ3n) is 2.78. The van der Waals surface area contributed by atoms with E-state index in [-0.39, 0.29) is 13.1 Å². The van der Waals surface area contributed by atoms with Crippen LogP contribution in [0.5, 0.6) is 0 Å². The van der Waals surface area contributed by atoms with E-state index in [1.807, 2.05) is 31.2 Å². The van der Waals surface area contributed by atoms with E-state index in [9.17, 15) is 9.59 Å². The molecule has 0 spiro atoms. The van der Waals surface area contributed by atoms with Crippen molar-refractivity contribution in [3.05, 3.63) is 41.4 Å². The van der Waals surface area contributed by atoms with Crippen LogP contribution in [0.2, 0.25) is 0 Å². The summed E-state index contributed by atoms with van der Waals surface area (Å²) in [7, 11) is 0.690. The fraction of sp³-hybridized carbons (Fsp3) is 0.286. The highest BCUT2D eigenvalue weighted by Gasteiger charge is 2.29. The van der Waals surface area contributed by atoms with Crippen LogP contribution in [0.3, 0.4) is 0 Å². The summed E-state index contributed by atoms with van der Waals surface area (Å²) in [5.74, 6) is 0.730. The lowest BCUT2D eigenvalue weighted by Crippen LogP contribution is -2.41. The first kappa shape index (κ1) is 14.3. The average Bonchev–Trinajstić information content (AvgIpc) is 2.34. The second kappa shape index (κ2) is 6.39. The molecule has 104 valence electrons. The smallest absolute Gasteiger partial charge is 0.495 e. The quantitative estimate of drug-likeness (QED) is 0.754. The number of hydrogen-bond acceptors (Lipinski definition) is 5. The predicted molar refractivity (Wildman–Crippen MR) is 75.6 cm³/mol. The summed E-state index contributed by atoms with van der Waals surface area (Å²) in [5.41, 5.74) is 2.08. The monoisotopic (exact) mass is 273 g/mol. The molecule has 0 N–H and O–H groups in total. The van der Waals surface area contributed by atoms with Gasteiger partial charge >= 0.3 is 19.1 Å². The fourth-order valence-corrected chi connectivity index (χ4v) is 1.90. The van der Waals surface area contributed by atoms with Crippen LogP contribution in [0.25, 0.3) is 6.08 Å². The van der Waals surface area contributed by atoms with Crippen molar-refractivity contribution < 1.29 is 18.9 Å². The van der Waals surface area contributed by atoms with Gasteiger partial charge in [-0.05, 0) is 25.5 Å². The highest BCUT2D eigenvalue weighted by Crippen LogP contribution is 2.08. The molecular weight excluding hydrogens is 257 g/mol. The maximum absolute atomic E-state index is 11.5. The molecule has 0 aliphatic carbocycles. The van der Waals surface area contributed by atoms with E-state index in [2.05, 4.69) is 0 Å². The Hall–Kier alpha value is -2.08. The second-order valence-electron chi connectivity index (χ2n) is 4.79. The lowest BCUT2D eigenvalue weighted by molar-refractivity contribution is -0.145. The largest absolute Gasteiger partial charge is 0.628 e. The topological polar surface area (TPSA) is 55.8 Å². The zero-order valence-electron chi connectivity index (χ0n) is 11.5. The van der Waals surface area contributed by atoms with E-state index < -0.39 is 19.1 Å². The Morgan fingerprint density at radius 1 is 1.20 bits per heavy atom. The van der Waals surface area contributed by atoms with E-state index in [1.54, 1.807) is 24.0 Å². The molecule has 1 aromatic rings. The molecule has 1 aromatic carbocycles. The van der Waals surface area contributed by atoms with Gasteiger partial charge in [-0.15, -0.1) is 0 Å². The first-order valence-corrected chi connectivity index (χ1v) is 6.35. The van der Waals surface area contributed by atoms with Gasteiger partial charge in [0.15, 0.2) is 0 Å². The summed E-state index contributed by atoms with van der Waals surface area (Å²) in [6.45, 7) is 2.14. The maximum atomic E-state index is 11.5. The van der Waals surface area contributed by atoms with Gasteiger partial charge in [-0.1, -0.05) is 35.9 Å². The Morgan fingerprint density at radius 3 is 2.45 bits per heavy atom. The minimum absolute atomic E-state index is 0.0733. The molecule has 1 heterocycles. The van der Waals surface area contributed by atoms with Crippen molar-refractivity contribution in [2.75, 3.05) is 20.1 Å². The van der Waals surface area contributed by atoms with Gasteiger partial charge in [0.25, 0.3) is 0 Å². The standard InChI is InChI=1S/C14H16BNO4/c1-11-4-3-5-12(8-11)6-7-15-19-13(17)9-16(2)10-14(18)20-15/h3-8H,9-10H2,1-2H3/b7-6+. The van der Waals surface area contributed by atoms with Gasteiger partial charge in [-0.3, -0.25) is 14.5 Å². The molecule has 0 amide bonds. The van der Waals surface area contributed by atoms with Crippen molar-refractivity contribution in [2.45, 2.75) is 6.92 Å². The van der Waals surface area contributed by atoms with Crippen molar-refractivity contribution in [1.82, 2.24) is 4.90 Å². The van der Waals surface area contributed by atoms with Crippen LogP contribution in [0.15, 0.2) is 30.2 Å². The van der Waals surface area contributed by atoms with Gasteiger partial charge in [0.05, 0.1) is 13.1 Å². The van der Waals surface area contributed by atoms with Crippen LogP contribution in [0.4, 0.5) is 0 Å². The Labute approximate surface area is 118 Å². The Bertz CT molecular complexity index is 524. The van der Waals surface area contributed by atoms with Crippen molar-refractivity contribution in [2.24, 2.45) is 0 Å². The number of hydrogen-bond donors (Lipinski definition) is 0. The van der Waals surface area contributed by atoms with Crippen LogP contribution >= 0.6 is 0 Å². The molecular formula is C14H16BNO4. The first-order chi connectivity index (χ1) is 9.52. The van der Waals surface area contributed by atoms with Gasteiger partial charge in [0.2, 0.25) is 0 Å². The molecule has 1 aliphatic heterocycles. The molecule has 0 saturated carbocycles. The third kappa shape index (κ3) is 4.24. The van der Waals surface area contributed by atoms with E-state index in [0.29, 0.717) is 0 Å². The number of rotatable bonds is 2. The molecule has 1 saturated heterocycles. The maximum Gasteiger partial charge on any atom is 0.628 e. The molecule has 0 radical (unpaired) electrons. The second-order valence-corrected chi connectivity index (χ2v) is 4.79. The fourth-order valence-electron chi connectivity index (χ4n) is 1.90. The zero-order chi connectivity index (χ0) is 14.5. The lowest BCUT2D eigenvalue weighted by atomic mass is 9.88. The SMILES string of the molecule is Cc1cccc(/C=C/B2OC(=O)CN(C)CC(=O)O2)c1.